The number of thiophene rings is 1. The maximum atomic E-state index is 13.5. The van der Waals surface area contributed by atoms with Gasteiger partial charge in [0.15, 0.2) is 5.65 Å². The molecule has 37 heavy (non-hydrogen) atoms. The number of carbonyl (C=O) groups is 1. The van der Waals surface area contributed by atoms with Crippen molar-refractivity contribution in [2.75, 3.05) is 0 Å². The molecule has 0 radical (unpaired) electrons. The minimum absolute atomic E-state index is 0.104. The number of nitrogens with zero attached hydrogens (tertiary/aromatic N) is 5. The summed E-state index contributed by atoms with van der Waals surface area (Å²) < 4.78 is 6.04. The second-order valence-corrected chi connectivity index (χ2v) is 10.6. The van der Waals surface area contributed by atoms with Gasteiger partial charge in [-0.1, -0.05) is 38.7 Å². The fourth-order valence-corrected chi connectivity index (χ4v) is 5.45. The maximum Gasteiger partial charge on any atom is 0.337 e. The van der Waals surface area contributed by atoms with E-state index in [1.54, 1.807) is 39.8 Å². The lowest BCUT2D eigenvalue weighted by atomic mass is 10.1. The summed E-state index contributed by atoms with van der Waals surface area (Å²) in [6, 6.07) is 1.54. The molecule has 4 rings (SSSR count). The van der Waals surface area contributed by atoms with Crippen LogP contribution < -0.4 is 11.2 Å². The highest BCUT2D eigenvalue weighted by atomic mass is 32.1. The van der Waals surface area contributed by atoms with Crippen LogP contribution in [0.25, 0.3) is 22.4 Å². The van der Waals surface area contributed by atoms with Gasteiger partial charge in [0.25, 0.3) is 5.56 Å². The van der Waals surface area contributed by atoms with Crippen LogP contribution in [-0.2, 0) is 33.6 Å². The Morgan fingerprint density at radius 1 is 1.27 bits per heavy atom. The van der Waals surface area contributed by atoms with Crippen LogP contribution in [0.5, 0.6) is 0 Å². The topological polar surface area (TPSA) is 104 Å². The molecule has 0 amide bonds. The Balaban J connectivity index is 2.04. The molecule has 0 saturated heterocycles. The largest absolute Gasteiger partial charge is 0.478 e. The first kappa shape index (κ1) is 26.2. The molecule has 1 N–H and O–H groups in total. The molecule has 0 spiro atoms. The molecule has 0 aromatic carbocycles. The van der Waals surface area contributed by atoms with Gasteiger partial charge in [0.1, 0.15) is 11.1 Å². The Labute approximate surface area is 218 Å². The fraction of sp³-hybridized carbons (Fsp3) is 0.333. The Bertz CT molecular complexity index is 1660. The zero-order chi connectivity index (χ0) is 27.0. The van der Waals surface area contributed by atoms with Gasteiger partial charge in [-0.2, -0.15) is 5.10 Å². The third-order valence-corrected chi connectivity index (χ3v) is 7.38. The first-order valence-electron chi connectivity index (χ1n) is 12.0. The van der Waals surface area contributed by atoms with Crippen molar-refractivity contribution in [3.8, 4) is 11.4 Å². The van der Waals surface area contributed by atoms with Gasteiger partial charge in [0.05, 0.1) is 17.8 Å². The van der Waals surface area contributed by atoms with Gasteiger partial charge < -0.3 is 9.67 Å². The summed E-state index contributed by atoms with van der Waals surface area (Å²) in [5.74, 6) is -0.921. The lowest BCUT2D eigenvalue weighted by Crippen LogP contribution is -2.38. The molecule has 0 aliphatic rings. The van der Waals surface area contributed by atoms with E-state index in [4.69, 9.17) is 5.10 Å². The fourth-order valence-electron chi connectivity index (χ4n) is 4.56. The first-order chi connectivity index (χ1) is 17.5. The molecule has 9 nitrogen and oxygen atoms in total. The van der Waals surface area contributed by atoms with Gasteiger partial charge >= 0.3 is 11.7 Å². The third-order valence-electron chi connectivity index (χ3n) is 6.37. The number of hydrogen-bond donors (Lipinski definition) is 1. The van der Waals surface area contributed by atoms with E-state index in [0.717, 1.165) is 16.6 Å². The molecule has 10 heteroatoms. The van der Waals surface area contributed by atoms with Crippen molar-refractivity contribution in [3.05, 3.63) is 84.9 Å². The Kier molecular flexibility index (Phi) is 7.22. The van der Waals surface area contributed by atoms with Crippen LogP contribution in [0.15, 0.2) is 52.0 Å². The predicted octanol–water partition coefficient (Wildman–Crippen LogP) is 3.96. The highest BCUT2D eigenvalue weighted by Gasteiger charge is 2.26. The summed E-state index contributed by atoms with van der Waals surface area (Å²) in [6.07, 6.45) is 7.91. The molecule has 194 valence electrons. The van der Waals surface area contributed by atoms with Gasteiger partial charge in [-0.15, -0.1) is 11.3 Å². The van der Waals surface area contributed by atoms with Crippen molar-refractivity contribution in [2.24, 2.45) is 20.0 Å². The van der Waals surface area contributed by atoms with E-state index < -0.39 is 17.2 Å². The molecule has 0 bridgehead atoms. The molecular weight excluding hydrogens is 490 g/mol. The Morgan fingerprint density at radius 2 is 2.00 bits per heavy atom. The summed E-state index contributed by atoms with van der Waals surface area (Å²) >= 11 is 1.64. The zero-order valence-electron chi connectivity index (χ0n) is 21.7. The molecule has 0 aliphatic heterocycles. The van der Waals surface area contributed by atoms with E-state index in [2.05, 4.69) is 18.9 Å². The molecule has 0 saturated carbocycles. The zero-order valence-corrected chi connectivity index (χ0v) is 22.5. The lowest BCUT2D eigenvalue weighted by molar-refractivity contribution is 0.0697. The second kappa shape index (κ2) is 10.2. The van der Waals surface area contributed by atoms with E-state index in [1.807, 2.05) is 26.0 Å². The molecule has 0 unspecified atom stereocenters. The number of aromatic carboxylic acids is 1. The molecule has 4 aromatic rings. The molecule has 0 atom stereocenters. The number of carboxylic acids is 1. The molecule has 0 fully saturated rings. The summed E-state index contributed by atoms with van der Waals surface area (Å²) in [7, 11) is 3.20. The van der Waals surface area contributed by atoms with Crippen LogP contribution >= 0.6 is 11.3 Å². The highest BCUT2D eigenvalue weighted by molar-refractivity contribution is 7.10. The summed E-state index contributed by atoms with van der Waals surface area (Å²) in [5, 5.41) is 16.8. The minimum atomic E-state index is -1.06. The van der Waals surface area contributed by atoms with Crippen LogP contribution in [0, 0.1) is 12.8 Å². The van der Waals surface area contributed by atoms with Gasteiger partial charge in [-0.25, -0.2) is 9.59 Å². The number of hydrogen-bond acceptors (Lipinski definition) is 5. The number of rotatable bonds is 9. The molecule has 4 heterocycles. The van der Waals surface area contributed by atoms with Crippen molar-refractivity contribution in [1.82, 2.24) is 23.5 Å². The van der Waals surface area contributed by atoms with Crippen LogP contribution in [0.1, 0.15) is 40.2 Å². The minimum Gasteiger partial charge on any atom is -0.478 e. The standard InChI is InChI=1S/C27H31N5O4S/c1-7-8-9-10-20-17(4)37-15-19(20)14-32-23(21-11-18(26(34)35)13-29(21)5)22-24(28-32)31(12-16(2)3)27(36)30(6)25(22)33/h7-9,11,13,15-16H,1,10,12,14H2,2-6H3,(H,34,35)/b9-8-. The monoisotopic (exact) mass is 521 g/mol. The maximum absolute atomic E-state index is 13.5. The van der Waals surface area contributed by atoms with Gasteiger partial charge in [0, 0.05) is 31.7 Å². The smallest absolute Gasteiger partial charge is 0.337 e. The van der Waals surface area contributed by atoms with Gasteiger partial charge in [-0.05, 0) is 41.8 Å². The summed E-state index contributed by atoms with van der Waals surface area (Å²) in [6.45, 7) is 10.5. The quantitative estimate of drug-likeness (QED) is 0.336. The highest BCUT2D eigenvalue weighted by Crippen LogP contribution is 2.31. The first-order valence-corrected chi connectivity index (χ1v) is 12.9. The van der Waals surface area contributed by atoms with Crippen molar-refractivity contribution >= 4 is 28.3 Å². The van der Waals surface area contributed by atoms with Crippen molar-refractivity contribution in [1.29, 1.82) is 0 Å². The predicted molar refractivity (Wildman–Crippen MR) is 147 cm³/mol. The SMILES string of the molecule is C=C/C=C\Cc1c(Cn2nc3c(c2-c2cc(C(=O)O)cn2C)c(=O)n(C)c(=O)n3CC(C)C)csc1C. The Morgan fingerprint density at radius 3 is 2.62 bits per heavy atom. The normalized spacial score (nSPS) is 11.8. The van der Waals surface area contributed by atoms with E-state index in [-0.39, 0.29) is 11.5 Å². The number of allylic oxidation sites excluding steroid dienone is 3. The number of aryl methyl sites for hydroxylation is 2. The molecule has 0 aliphatic carbocycles. The van der Waals surface area contributed by atoms with Crippen molar-refractivity contribution in [3.63, 3.8) is 0 Å². The van der Waals surface area contributed by atoms with Crippen LogP contribution in [0.2, 0.25) is 0 Å². The average Bonchev–Trinajstić information content (AvgIpc) is 3.51. The van der Waals surface area contributed by atoms with E-state index in [1.165, 1.54) is 28.3 Å². The second-order valence-electron chi connectivity index (χ2n) is 9.55. The lowest BCUT2D eigenvalue weighted by Gasteiger charge is -2.11. The third kappa shape index (κ3) is 4.76. The summed E-state index contributed by atoms with van der Waals surface area (Å²) in [4.78, 5) is 39.5. The number of aromatic nitrogens is 5. The van der Waals surface area contributed by atoms with Gasteiger partial charge in [-0.3, -0.25) is 18.6 Å². The van der Waals surface area contributed by atoms with Gasteiger partial charge in [0.2, 0.25) is 0 Å². The van der Waals surface area contributed by atoms with E-state index in [0.29, 0.717) is 35.5 Å². The Hall–Kier alpha value is -3.92. The average molecular weight is 522 g/mol. The van der Waals surface area contributed by atoms with E-state index in [9.17, 15) is 19.5 Å². The van der Waals surface area contributed by atoms with Crippen molar-refractivity contribution < 1.29 is 9.90 Å². The number of fused-ring (bicyclic) bond motifs is 1. The van der Waals surface area contributed by atoms with Crippen molar-refractivity contribution in [2.45, 2.75) is 40.3 Å². The van der Waals surface area contributed by atoms with E-state index >= 15 is 0 Å². The van der Waals surface area contributed by atoms with Crippen LogP contribution in [0.3, 0.4) is 0 Å². The number of carboxylic acid groups (broad SMARTS) is 1. The van der Waals surface area contributed by atoms with Crippen LogP contribution in [0.4, 0.5) is 0 Å². The van der Waals surface area contributed by atoms with Crippen LogP contribution in [-0.4, -0.2) is 34.6 Å². The molecular formula is C27H31N5O4S. The molecule has 4 aromatic heterocycles. The summed E-state index contributed by atoms with van der Waals surface area (Å²) in [5.41, 5.74) is 2.75.